The summed E-state index contributed by atoms with van der Waals surface area (Å²) in [6.45, 7) is 2.10. The molecule has 0 spiro atoms. The third-order valence-corrected chi connectivity index (χ3v) is 5.92. The van der Waals surface area contributed by atoms with E-state index in [1.165, 1.54) is 22.5 Å². The van der Waals surface area contributed by atoms with E-state index >= 15 is 0 Å². The van der Waals surface area contributed by atoms with Crippen molar-refractivity contribution in [2.24, 2.45) is 5.92 Å². The molecule has 0 aromatic heterocycles. The fraction of sp³-hybridized carbons (Fsp3) is 0.462. The van der Waals surface area contributed by atoms with E-state index in [2.05, 4.69) is 0 Å². The second-order valence-corrected chi connectivity index (χ2v) is 7.18. The molecule has 1 aliphatic heterocycles. The third kappa shape index (κ3) is 2.54. The summed E-state index contributed by atoms with van der Waals surface area (Å²) in [7, 11) is -3.70. The molecule has 2 rings (SSSR count). The Labute approximate surface area is 123 Å². The van der Waals surface area contributed by atoms with Gasteiger partial charge in [-0.1, -0.05) is 18.5 Å². The van der Waals surface area contributed by atoms with Gasteiger partial charge in [0.15, 0.2) is 0 Å². The molecule has 7 heteroatoms. The molecule has 1 N–H and O–H groups in total. The molecule has 1 aliphatic rings. The molecule has 0 aliphatic carbocycles. The normalized spacial score (nSPS) is 23.7. The summed E-state index contributed by atoms with van der Waals surface area (Å²) in [6, 6.07) is 5.53. The van der Waals surface area contributed by atoms with E-state index in [9.17, 15) is 13.5 Å². The van der Waals surface area contributed by atoms with Crippen LogP contribution in [0.3, 0.4) is 0 Å². The van der Waals surface area contributed by atoms with Crippen LogP contribution in [0.4, 0.5) is 0 Å². The number of aliphatic hydroxyl groups is 1. The van der Waals surface area contributed by atoms with E-state index < -0.39 is 16.1 Å². The van der Waals surface area contributed by atoms with Crippen molar-refractivity contribution < 1.29 is 13.5 Å². The molecule has 0 saturated carbocycles. The smallest absolute Gasteiger partial charge is 0.243 e. The van der Waals surface area contributed by atoms with Gasteiger partial charge in [-0.25, -0.2) is 8.42 Å². The molecule has 108 valence electrons. The van der Waals surface area contributed by atoms with Crippen LogP contribution in [0, 0.1) is 17.2 Å². The average molecular weight is 315 g/mol. The molecule has 2 unspecified atom stereocenters. The first-order valence-electron chi connectivity index (χ1n) is 6.24. The van der Waals surface area contributed by atoms with E-state index in [0.29, 0.717) is 13.0 Å². The lowest BCUT2D eigenvalue weighted by atomic mass is 10.0. The largest absolute Gasteiger partial charge is 0.395 e. The molecule has 0 bridgehead atoms. The van der Waals surface area contributed by atoms with Crippen LogP contribution < -0.4 is 0 Å². The Morgan fingerprint density at radius 2 is 2.25 bits per heavy atom. The van der Waals surface area contributed by atoms with Crippen LogP contribution in [-0.4, -0.2) is 37.0 Å². The molecule has 1 aromatic carbocycles. The predicted octanol–water partition coefficient (Wildman–Crippen LogP) is 1.60. The van der Waals surface area contributed by atoms with Crippen molar-refractivity contribution in [2.45, 2.75) is 24.3 Å². The lowest BCUT2D eigenvalue weighted by Gasteiger charge is -2.24. The van der Waals surface area contributed by atoms with Crippen molar-refractivity contribution in [3.8, 4) is 6.07 Å². The van der Waals surface area contributed by atoms with Crippen molar-refractivity contribution in [1.29, 1.82) is 5.26 Å². The number of hydrogen-bond acceptors (Lipinski definition) is 4. The second-order valence-electron chi connectivity index (χ2n) is 4.89. The van der Waals surface area contributed by atoms with Crippen LogP contribution in [0.15, 0.2) is 23.1 Å². The summed E-state index contributed by atoms with van der Waals surface area (Å²) in [5.74, 6) is 0.114. The van der Waals surface area contributed by atoms with Crippen molar-refractivity contribution in [2.75, 3.05) is 13.2 Å². The number of rotatable bonds is 3. The maximum atomic E-state index is 12.6. The number of hydrogen-bond donors (Lipinski definition) is 1. The quantitative estimate of drug-likeness (QED) is 0.919. The molecule has 1 aromatic rings. The van der Waals surface area contributed by atoms with Crippen LogP contribution in [0.5, 0.6) is 0 Å². The van der Waals surface area contributed by atoms with Crippen molar-refractivity contribution in [3.63, 3.8) is 0 Å². The second kappa shape index (κ2) is 5.70. The lowest BCUT2D eigenvalue weighted by Crippen LogP contribution is -2.39. The third-order valence-electron chi connectivity index (χ3n) is 3.69. The van der Waals surface area contributed by atoms with Crippen molar-refractivity contribution in [1.82, 2.24) is 4.31 Å². The van der Waals surface area contributed by atoms with Crippen molar-refractivity contribution in [3.05, 3.63) is 28.8 Å². The molecule has 0 amide bonds. The minimum atomic E-state index is -3.70. The number of nitrogens with zero attached hydrogens (tertiary/aromatic N) is 2. The van der Waals surface area contributed by atoms with E-state index in [1.807, 2.05) is 13.0 Å². The standard InChI is InChI=1S/C13H15ClN2O3S/c1-9-4-5-16(13(9)8-17)20(18,19)11-3-2-10(7-15)12(14)6-11/h2-3,6,9,13,17H,4-5,8H2,1H3. The van der Waals surface area contributed by atoms with Gasteiger partial charge in [-0.15, -0.1) is 0 Å². The molecule has 20 heavy (non-hydrogen) atoms. The molecular formula is C13H15ClN2O3S. The number of halogens is 1. The Kier molecular flexibility index (Phi) is 4.35. The van der Waals surface area contributed by atoms with E-state index in [0.717, 1.165) is 0 Å². The van der Waals surface area contributed by atoms with Crippen molar-refractivity contribution >= 4 is 21.6 Å². The summed E-state index contributed by atoms with van der Waals surface area (Å²) < 4.78 is 26.5. The lowest BCUT2D eigenvalue weighted by molar-refractivity contribution is 0.191. The summed E-state index contributed by atoms with van der Waals surface area (Å²) in [5, 5.41) is 18.3. The van der Waals surface area contributed by atoms with Gasteiger partial charge in [-0.3, -0.25) is 0 Å². The summed E-state index contributed by atoms with van der Waals surface area (Å²) in [5.41, 5.74) is 0.235. The average Bonchev–Trinajstić information content (AvgIpc) is 2.80. The summed E-state index contributed by atoms with van der Waals surface area (Å²) >= 11 is 5.89. The van der Waals surface area contributed by atoms with Gasteiger partial charge >= 0.3 is 0 Å². The Morgan fingerprint density at radius 3 is 2.80 bits per heavy atom. The minimum Gasteiger partial charge on any atom is -0.395 e. The first kappa shape index (κ1) is 15.3. The first-order chi connectivity index (χ1) is 9.41. The molecule has 5 nitrogen and oxygen atoms in total. The molecule has 1 heterocycles. The fourth-order valence-electron chi connectivity index (χ4n) is 2.42. The SMILES string of the molecule is CC1CCN(S(=O)(=O)c2ccc(C#N)c(Cl)c2)C1CO. The molecule has 2 atom stereocenters. The first-order valence-corrected chi connectivity index (χ1v) is 8.06. The van der Waals surface area contributed by atoms with Gasteiger partial charge < -0.3 is 5.11 Å². The fourth-order valence-corrected chi connectivity index (χ4v) is 4.47. The van der Waals surface area contributed by atoms with Gasteiger partial charge in [0.2, 0.25) is 10.0 Å². The molecule has 1 fully saturated rings. The summed E-state index contributed by atoms with van der Waals surface area (Å²) in [4.78, 5) is 0.0500. The number of aliphatic hydroxyl groups excluding tert-OH is 1. The zero-order valence-corrected chi connectivity index (χ0v) is 12.5. The Bertz CT molecular complexity index is 654. The Morgan fingerprint density at radius 1 is 1.55 bits per heavy atom. The Hall–Kier alpha value is -1.13. The van der Waals surface area contributed by atoms with Gasteiger partial charge in [0, 0.05) is 6.54 Å². The molecule has 0 radical (unpaired) electrons. The number of sulfonamides is 1. The number of benzene rings is 1. The van der Waals surface area contributed by atoms with Gasteiger partial charge in [0.25, 0.3) is 0 Å². The van der Waals surface area contributed by atoms with E-state index in [1.54, 1.807) is 0 Å². The van der Waals surface area contributed by atoms with Crippen LogP contribution in [-0.2, 0) is 10.0 Å². The highest BCUT2D eigenvalue weighted by molar-refractivity contribution is 7.89. The van der Waals surface area contributed by atoms with Gasteiger partial charge in [0.05, 0.1) is 28.1 Å². The predicted molar refractivity (Wildman–Crippen MR) is 74.7 cm³/mol. The van der Waals surface area contributed by atoms with E-state index in [-0.39, 0.29) is 28.0 Å². The molecular weight excluding hydrogens is 300 g/mol. The number of nitriles is 1. The van der Waals surface area contributed by atoms with Crippen LogP contribution in [0.25, 0.3) is 0 Å². The summed E-state index contributed by atoms with van der Waals surface area (Å²) in [6.07, 6.45) is 0.717. The highest BCUT2D eigenvalue weighted by atomic mass is 35.5. The monoisotopic (exact) mass is 314 g/mol. The zero-order valence-electron chi connectivity index (χ0n) is 11.0. The topological polar surface area (TPSA) is 81.4 Å². The van der Waals surface area contributed by atoms with Crippen LogP contribution in [0.1, 0.15) is 18.9 Å². The highest BCUT2D eigenvalue weighted by Gasteiger charge is 2.39. The minimum absolute atomic E-state index is 0.0500. The maximum absolute atomic E-state index is 12.6. The van der Waals surface area contributed by atoms with Crippen LogP contribution in [0.2, 0.25) is 5.02 Å². The van der Waals surface area contributed by atoms with Crippen LogP contribution >= 0.6 is 11.6 Å². The van der Waals surface area contributed by atoms with Gasteiger partial charge in [-0.05, 0) is 30.5 Å². The highest BCUT2D eigenvalue weighted by Crippen LogP contribution is 2.31. The van der Waals surface area contributed by atoms with Gasteiger partial charge in [-0.2, -0.15) is 9.57 Å². The van der Waals surface area contributed by atoms with E-state index in [4.69, 9.17) is 16.9 Å². The van der Waals surface area contributed by atoms with Gasteiger partial charge in [0.1, 0.15) is 6.07 Å². The zero-order chi connectivity index (χ0) is 14.9. The maximum Gasteiger partial charge on any atom is 0.243 e. The Balaban J connectivity index is 2.41. The molecule has 1 saturated heterocycles.